The molecule has 0 spiro atoms. The average molecular weight is 246 g/mol. The number of rotatable bonds is 2. The Morgan fingerprint density at radius 3 is 2.89 bits per heavy atom. The third-order valence-electron chi connectivity index (χ3n) is 3.23. The minimum atomic E-state index is -0.404. The fourth-order valence-electron chi connectivity index (χ4n) is 2.35. The van der Waals surface area contributed by atoms with E-state index >= 15 is 0 Å². The van der Waals surface area contributed by atoms with Gasteiger partial charge in [-0.3, -0.25) is 0 Å². The van der Waals surface area contributed by atoms with Crippen LogP contribution in [0.2, 0.25) is 0 Å². The van der Waals surface area contributed by atoms with E-state index in [1.54, 1.807) is 6.07 Å². The Balaban J connectivity index is 2.23. The Labute approximate surface area is 104 Å². The predicted octanol–water partition coefficient (Wildman–Crippen LogP) is 2.65. The van der Waals surface area contributed by atoms with Crippen molar-refractivity contribution in [2.45, 2.75) is 26.1 Å². The number of para-hydroxylation sites is 1. The van der Waals surface area contributed by atoms with Crippen LogP contribution in [-0.4, -0.2) is 12.9 Å². The van der Waals surface area contributed by atoms with Crippen LogP contribution < -0.4 is 10.4 Å². The van der Waals surface area contributed by atoms with Crippen molar-refractivity contribution in [3.63, 3.8) is 0 Å². The Hall–Kier alpha value is -1.81. The molecule has 0 saturated carbocycles. The molecule has 2 aromatic rings. The topological polar surface area (TPSA) is 48.7 Å². The minimum absolute atomic E-state index is 0.110. The molecule has 2 heterocycles. The number of benzene rings is 1. The van der Waals surface area contributed by atoms with Gasteiger partial charge in [-0.05, 0) is 19.1 Å². The summed E-state index contributed by atoms with van der Waals surface area (Å²) in [5, 5.41) is 0.821. The number of hydrogen-bond donors (Lipinski definition) is 0. The highest BCUT2D eigenvalue weighted by Crippen LogP contribution is 2.40. The van der Waals surface area contributed by atoms with Gasteiger partial charge in [0.05, 0.1) is 16.9 Å². The SMILES string of the molecule is CCOC1Oc2c(c(=O)oc3ccccc23)C1C. The summed E-state index contributed by atoms with van der Waals surface area (Å²) >= 11 is 0. The van der Waals surface area contributed by atoms with Crippen LogP contribution in [0, 0.1) is 0 Å². The molecule has 1 aliphatic rings. The summed E-state index contributed by atoms with van der Waals surface area (Å²) in [4.78, 5) is 12.0. The lowest BCUT2D eigenvalue weighted by Gasteiger charge is -2.14. The van der Waals surface area contributed by atoms with Crippen LogP contribution in [0.5, 0.6) is 5.75 Å². The second kappa shape index (κ2) is 4.14. The van der Waals surface area contributed by atoms with Crippen LogP contribution in [-0.2, 0) is 4.74 Å². The zero-order valence-electron chi connectivity index (χ0n) is 10.3. The van der Waals surface area contributed by atoms with Crippen molar-refractivity contribution in [2.75, 3.05) is 6.61 Å². The maximum Gasteiger partial charge on any atom is 0.343 e. The summed E-state index contributed by atoms with van der Waals surface area (Å²) in [5.74, 6) is 0.494. The molecule has 4 heteroatoms. The first-order valence-corrected chi connectivity index (χ1v) is 6.06. The molecule has 0 N–H and O–H groups in total. The van der Waals surface area contributed by atoms with Gasteiger partial charge in [-0.15, -0.1) is 0 Å². The molecule has 0 amide bonds. The predicted molar refractivity (Wildman–Crippen MR) is 66.9 cm³/mol. The summed E-state index contributed by atoms with van der Waals surface area (Å²) < 4.78 is 16.6. The van der Waals surface area contributed by atoms with Crippen LogP contribution >= 0.6 is 0 Å². The highest BCUT2D eigenvalue weighted by Gasteiger charge is 2.36. The van der Waals surface area contributed by atoms with Crippen LogP contribution in [0.4, 0.5) is 0 Å². The molecule has 0 saturated heterocycles. The fraction of sp³-hybridized carbons (Fsp3) is 0.357. The van der Waals surface area contributed by atoms with E-state index in [1.807, 2.05) is 32.0 Å². The molecule has 0 radical (unpaired) electrons. The van der Waals surface area contributed by atoms with Gasteiger partial charge in [0.2, 0.25) is 6.29 Å². The van der Waals surface area contributed by atoms with E-state index in [1.165, 1.54) is 0 Å². The van der Waals surface area contributed by atoms with E-state index in [0.717, 1.165) is 5.39 Å². The van der Waals surface area contributed by atoms with Crippen molar-refractivity contribution in [2.24, 2.45) is 0 Å². The third-order valence-corrected chi connectivity index (χ3v) is 3.23. The zero-order chi connectivity index (χ0) is 12.7. The Kier molecular flexibility index (Phi) is 2.59. The van der Waals surface area contributed by atoms with Crippen LogP contribution in [0.25, 0.3) is 11.0 Å². The average Bonchev–Trinajstić information content (AvgIpc) is 2.69. The zero-order valence-corrected chi connectivity index (χ0v) is 10.3. The monoisotopic (exact) mass is 246 g/mol. The van der Waals surface area contributed by atoms with E-state index in [4.69, 9.17) is 13.9 Å². The van der Waals surface area contributed by atoms with Gasteiger partial charge in [0.15, 0.2) is 0 Å². The highest BCUT2D eigenvalue weighted by molar-refractivity contribution is 5.85. The van der Waals surface area contributed by atoms with Gasteiger partial charge in [0.25, 0.3) is 0 Å². The van der Waals surface area contributed by atoms with Gasteiger partial charge >= 0.3 is 5.63 Å². The van der Waals surface area contributed by atoms with E-state index in [-0.39, 0.29) is 11.5 Å². The van der Waals surface area contributed by atoms with E-state index in [9.17, 15) is 4.79 Å². The van der Waals surface area contributed by atoms with Crippen molar-refractivity contribution >= 4 is 11.0 Å². The number of ether oxygens (including phenoxy) is 2. The van der Waals surface area contributed by atoms with Crippen molar-refractivity contribution in [1.82, 2.24) is 0 Å². The molecule has 2 unspecified atom stereocenters. The molecule has 0 aliphatic carbocycles. The lowest BCUT2D eigenvalue weighted by molar-refractivity contribution is -0.0728. The smallest absolute Gasteiger partial charge is 0.343 e. The molecule has 0 bridgehead atoms. The van der Waals surface area contributed by atoms with Gasteiger partial charge < -0.3 is 13.9 Å². The second-order valence-electron chi connectivity index (χ2n) is 4.36. The quantitative estimate of drug-likeness (QED) is 0.764. The normalized spacial score (nSPS) is 21.9. The standard InChI is InChI=1S/C14H14O4/c1-3-16-14-8(2)11-12(18-14)9-6-4-5-7-10(9)17-13(11)15/h4-8,14H,3H2,1-2H3. The molecule has 2 atom stereocenters. The van der Waals surface area contributed by atoms with Crippen LogP contribution in [0.15, 0.2) is 33.5 Å². The Morgan fingerprint density at radius 2 is 2.11 bits per heavy atom. The lowest BCUT2D eigenvalue weighted by atomic mass is 10.0. The molecular formula is C14H14O4. The molecular weight excluding hydrogens is 232 g/mol. The number of fused-ring (bicyclic) bond motifs is 3. The summed E-state index contributed by atoms with van der Waals surface area (Å²) in [7, 11) is 0. The maximum absolute atomic E-state index is 12.0. The molecule has 4 nitrogen and oxygen atoms in total. The molecule has 0 fully saturated rings. The van der Waals surface area contributed by atoms with Crippen molar-refractivity contribution < 1.29 is 13.9 Å². The van der Waals surface area contributed by atoms with E-state index < -0.39 is 6.29 Å². The van der Waals surface area contributed by atoms with E-state index in [2.05, 4.69) is 0 Å². The van der Waals surface area contributed by atoms with Gasteiger partial charge in [-0.25, -0.2) is 4.79 Å². The molecule has 1 aromatic carbocycles. The Bertz CT molecular complexity index is 644. The molecule has 3 rings (SSSR count). The highest BCUT2D eigenvalue weighted by atomic mass is 16.7. The van der Waals surface area contributed by atoms with Crippen molar-refractivity contribution in [3.8, 4) is 5.75 Å². The summed E-state index contributed by atoms with van der Waals surface area (Å²) in [5.41, 5.74) is 0.788. The van der Waals surface area contributed by atoms with E-state index in [0.29, 0.717) is 23.5 Å². The van der Waals surface area contributed by atoms with Crippen LogP contribution in [0.3, 0.4) is 0 Å². The van der Waals surface area contributed by atoms with Gasteiger partial charge in [0.1, 0.15) is 11.3 Å². The molecule has 1 aliphatic heterocycles. The second-order valence-corrected chi connectivity index (χ2v) is 4.36. The number of hydrogen-bond acceptors (Lipinski definition) is 4. The summed E-state index contributed by atoms with van der Waals surface area (Å²) in [6.07, 6.45) is -0.404. The first-order valence-electron chi connectivity index (χ1n) is 6.06. The third kappa shape index (κ3) is 1.53. The molecule has 18 heavy (non-hydrogen) atoms. The van der Waals surface area contributed by atoms with Crippen molar-refractivity contribution in [1.29, 1.82) is 0 Å². The minimum Gasteiger partial charge on any atom is -0.463 e. The first kappa shape index (κ1) is 11.3. The Morgan fingerprint density at radius 1 is 1.33 bits per heavy atom. The first-order chi connectivity index (χ1) is 8.72. The summed E-state index contributed by atoms with van der Waals surface area (Å²) in [6, 6.07) is 7.37. The van der Waals surface area contributed by atoms with Crippen molar-refractivity contribution in [3.05, 3.63) is 40.2 Å². The van der Waals surface area contributed by atoms with Crippen LogP contribution in [0.1, 0.15) is 25.3 Å². The largest absolute Gasteiger partial charge is 0.463 e. The molecule has 1 aromatic heterocycles. The summed E-state index contributed by atoms with van der Waals surface area (Å²) in [6.45, 7) is 4.36. The van der Waals surface area contributed by atoms with Gasteiger partial charge in [0, 0.05) is 6.61 Å². The molecule has 94 valence electrons. The fourth-order valence-corrected chi connectivity index (χ4v) is 2.35. The lowest BCUT2D eigenvalue weighted by Crippen LogP contribution is -2.22. The van der Waals surface area contributed by atoms with Gasteiger partial charge in [-0.1, -0.05) is 19.1 Å². The maximum atomic E-state index is 12.0. The van der Waals surface area contributed by atoms with Gasteiger partial charge in [-0.2, -0.15) is 0 Å².